The smallest absolute Gasteiger partial charge is 0.241 e. The molecule has 1 heterocycles. The van der Waals surface area contributed by atoms with Gasteiger partial charge < -0.3 is 11.1 Å². The number of rotatable bonds is 2. The summed E-state index contributed by atoms with van der Waals surface area (Å²) in [4.78, 5) is 15.7. The van der Waals surface area contributed by atoms with Crippen LogP contribution in [0.1, 0.15) is 6.92 Å². The number of anilines is 1. The molecule has 2 rings (SSSR count). The Hall–Kier alpha value is -1.94. The molecule has 0 saturated heterocycles. The summed E-state index contributed by atoms with van der Waals surface area (Å²) in [6.07, 6.45) is 1.70. The lowest BCUT2D eigenvalue weighted by Crippen LogP contribution is -2.32. The molecule has 1 atom stereocenters. The number of carbonyl (C=O) groups excluding carboxylic acids is 1. The minimum absolute atomic E-state index is 0.210. The van der Waals surface area contributed by atoms with E-state index < -0.39 is 6.04 Å². The zero-order valence-electron chi connectivity index (χ0n) is 8.97. The van der Waals surface area contributed by atoms with Crippen molar-refractivity contribution in [2.45, 2.75) is 13.0 Å². The topological polar surface area (TPSA) is 68.0 Å². The zero-order chi connectivity index (χ0) is 11.5. The quantitative estimate of drug-likeness (QED) is 0.798. The number of nitrogens with zero attached hydrogens (tertiary/aromatic N) is 1. The summed E-state index contributed by atoms with van der Waals surface area (Å²) in [6, 6.07) is 8.92. The van der Waals surface area contributed by atoms with E-state index in [-0.39, 0.29) is 5.91 Å². The number of para-hydroxylation sites is 1. The van der Waals surface area contributed by atoms with Crippen LogP contribution in [-0.2, 0) is 4.79 Å². The van der Waals surface area contributed by atoms with Crippen molar-refractivity contribution in [2.75, 3.05) is 5.32 Å². The van der Waals surface area contributed by atoms with Crippen LogP contribution < -0.4 is 11.1 Å². The molecule has 0 saturated carbocycles. The van der Waals surface area contributed by atoms with Crippen LogP contribution in [0.25, 0.3) is 10.9 Å². The molecule has 0 unspecified atom stereocenters. The lowest BCUT2D eigenvalue weighted by molar-refractivity contribution is -0.117. The first-order valence-electron chi connectivity index (χ1n) is 5.08. The van der Waals surface area contributed by atoms with E-state index in [2.05, 4.69) is 10.3 Å². The van der Waals surface area contributed by atoms with Gasteiger partial charge in [-0.3, -0.25) is 9.78 Å². The molecular formula is C12H13N3O. The zero-order valence-corrected chi connectivity index (χ0v) is 8.97. The van der Waals surface area contributed by atoms with E-state index in [1.54, 1.807) is 13.1 Å². The molecule has 0 bridgehead atoms. The van der Waals surface area contributed by atoms with Crippen molar-refractivity contribution in [2.24, 2.45) is 5.73 Å². The highest BCUT2D eigenvalue weighted by molar-refractivity contribution is 6.01. The van der Waals surface area contributed by atoms with Gasteiger partial charge in [-0.15, -0.1) is 0 Å². The molecule has 0 spiro atoms. The molecule has 4 nitrogen and oxygen atoms in total. The maximum absolute atomic E-state index is 11.5. The summed E-state index contributed by atoms with van der Waals surface area (Å²) in [7, 11) is 0. The molecule has 3 N–H and O–H groups in total. The summed E-state index contributed by atoms with van der Waals surface area (Å²) in [5.41, 5.74) is 6.97. The third-order valence-corrected chi connectivity index (χ3v) is 2.30. The van der Waals surface area contributed by atoms with Crippen LogP contribution in [0.15, 0.2) is 36.5 Å². The highest BCUT2D eigenvalue weighted by Gasteiger charge is 2.09. The number of carbonyl (C=O) groups is 1. The Morgan fingerprint density at radius 3 is 2.88 bits per heavy atom. The highest BCUT2D eigenvalue weighted by atomic mass is 16.2. The van der Waals surface area contributed by atoms with Crippen molar-refractivity contribution in [1.82, 2.24) is 4.98 Å². The van der Waals surface area contributed by atoms with Gasteiger partial charge in [0.05, 0.1) is 17.2 Å². The molecule has 1 amide bonds. The fourth-order valence-corrected chi connectivity index (χ4v) is 1.45. The van der Waals surface area contributed by atoms with E-state index in [0.717, 1.165) is 10.9 Å². The third-order valence-electron chi connectivity index (χ3n) is 2.30. The van der Waals surface area contributed by atoms with Crippen molar-refractivity contribution in [3.63, 3.8) is 0 Å². The first-order chi connectivity index (χ1) is 7.68. The van der Waals surface area contributed by atoms with Gasteiger partial charge in [0, 0.05) is 11.6 Å². The van der Waals surface area contributed by atoms with Gasteiger partial charge in [0.25, 0.3) is 0 Å². The van der Waals surface area contributed by atoms with Gasteiger partial charge >= 0.3 is 0 Å². The van der Waals surface area contributed by atoms with Crippen molar-refractivity contribution in [1.29, 1.82) is 0 Å². The predicted octanol–water partition coefficient (Wildman–Crippen LogP) is 1.52. The van der Waals surface area contributed by atoms with Gasteiger partial charge in [0.2, 0.25) is 5.91 Å². The van der Waals surface area contributed by atoms with Crippen LogP contribution in [0.3, 0.4) is 0 Å². The number of amides is 1. The number of benzene rings is 1. The molecule has 4 heteroatoms. The van der Waals surface area contributed by atoms with E-state index in [9.17, 15) is 4.79 Å². The SMILES string of the molecule is C[C@H](N)C(=O)Nc1cccc2cccnc12. The second-order valence-electron chi connectivity index (χ2n) is 3.66. The minimum Gasteiger partial charge on any atom is -0.323 e. The molecule has 82 valence electrons. The van der Waals surface area contributed by atoms with E-state index in [4.69, 9.17) is 5.73 Å². The molecular weight excluding hydrogens is 202 g/mol. The third kappa shape index (κ3) is 2.01. The Morgan fingerprint density at radius 1 is 1.38 bits per heavy atom. The number of hydrogen-bond donors (Lipinski definition) is 2. The lowest BCUT2D eigenvalue weighted by atomic mass is 10.2. The number of fused-ring (bicyclic) bond motifs is 1. The Bertz CT molecular complexity index is 517. The molecule has 0 radical (unpaired) electrons. The van der Waals surface area contributed by atoms with Crippen molar-refractivity contribution in [3.05, 3.63) is 36.5 Å². The first-order valence-corrected chi connectivity index (χ1v) is 5.08. The van der Waals surface area contributed by atoms with Crippen LogP contribution in [0.4, 0.5) is 5.69 Å². The summed E-state index contributed by atoms with van der Waals surface area (Å²) in [6.45, 7) is 1.65. The van der Waals surface area contributed by atoms with Gasteiger partial charge in [-0.25, -0.2) is 0 Å². The second-order valence-corrected chi connectivity index (χ2v) is 3.66. The van der Waals surface area contributed by atoms with Crippen molar-refractivity contribution >= 4 is 22.5 Å². The minimum atomic E-state index is -0.529. The Morgan fingerprint density at radius 2 is 2.12 bits per heavy atom. The number of nitrogens with two attached hydrogens (primary N) is 1. The number of hydrogen-bond acceptors (Lipinski definition) is 3. The monoisotopic (exact) mass is 215 g/mol. The molecule has 16 heavy (non-hydrogen) atoms. The standard InChI is InChI=1S/C12H13N3O/c1-8(13)12(16)15-10-6-2-4-9-5-3-7-14-11(9)10/h2-8H,13H2,1H3,(H,15,16)/t8-/m0/s1. The Balaban J connectivity index is 2.41. The van der Waals surface area contributed by atoms with Crippen LogP contribution in [0.2, 0.25) is 0 Å². The van der Waals surface area contributed by atoms with Gasteiger partial charge in [-0.1, -0.05) is 18.2 Å². The van der Waals surface area contributed by atoms with Crippen molar-refractivity contribution < 1.29 is 4.79 Å². The van der Waals surface area contributed by atoms with Crippen molar-refractivity contribution in [3.8, 4) is 0 Å². The van der Waals surface area contributed by atoms with Crippen LogP contribution in [-0.4, -0.2) is 16.9 Å². The first kappa shape index (κ1) is 10.6. The maximum Gasteiger partial charge on any atom is 0.241 e. The average molecular weight is 215 g/mol. The van der Waals surface area contributed by atoms with Gasteiger partial charge in [0.1, 0.15) is 0 Å². The molecule has 0 aliphatic heterocycles. The van der Waals surface area contributed by atoms with E-state index in [1.807, 2.05) is 30.3 Å². The Labute approximate surface area is 93.5 Å². The molecule has 0 aliphatic carbocycles. The van der Waals surface area contributed by atoms with Crippen LogP contribution >= 0.6 is 0 Å². The summed E-state index contributed by atoms with van der Waals surface area (Å²) >= 11 is 0. The predicted molar refractivity (Wildman–Crippen MR) is 64.0 cm³/mol. The van der Waals surface area contributed by atoms with E-state index in [1.165, 1.54) is 0 Å². The molecule has 0 aliphatic rings. The molecule has 2 aromatic rings. The Kier molecular flexibility index (Phi) is 2.83. The molecule has 1 aromatic heterocycles. The van der Waals surface area contributed by atoms with Crippen LogP contribution in [0, 0.1) is 0 Å². The summed E-state index contributed by atoms with van der Waals surface area (Å²) in [5.74, 6) is -0.210. The highest BCUT2D eigenvalue weighted by Crippen LogP contribution is 2.20. The van der Waals surface area contributed by atoms with Gasteiger partial charge in [-0.2, -0.15) is 0 Å². The lowest BCUT2D eigenvalue weighted by Gasteiger charge is -2.09. The summed E-state index contributed by atoms with van der Waals surface area (Å²) < 4.78 is 0. The number of aromatic nitrogens is 1. The fraction of sp³-hybridized carbons (Fsp3) is 0.167. The fourth-order valence-electron chi connectivity index (χ4n) is 1.45. The molecule has 1 aromatic carbocycles. The van der Waals surface area contributed by atoms with E-state index in [0.29, 0.717) is 5.69 Å². The largest absolute Gasteiger partial charge is 0.323 e. The average Bonchev–Trinajstić information content (AvgIpc) is 2.29. The van der Waals surface area contributed by atoms with Gasteiger partial charge in [-0.05, 0) is 19.1 Å². The summed E-state index contributed by atoms with van der Waals surface area (Å²) in [5, 5.41) is 3.75. The number of nitrogens with one attached hydrogen (secondary N) is 1. The van der Waals surface area contributed by atoms with Crippen LogP contribution in [0.5, 0.6) is 0 Å². The number of pyridine rings is 1. The van der Waals surface area contributed by atoms with E-state index >= 15 is 0 Å². The van der Waals surface area contributed by atoms with Gasteiger partial charge in [0.15, 0.2) is 0 Å². The maximum atomic E-state index is 11.5. The second kappa shape index (κ2) is 4.28. The molecule has 0 fully saturated rings. The normalized spacial score (nSPS) is 12.4.